The van der Waals surface area contributed by atoms with E-state index < -0.39 is 11.9 Å². The van der Waals surface area contributed by atoms with Crippen LogP contribution in [0.3, 0.4) is 0 Å². The molecule has 0 aliphatic carbocycles. The van der Waals surface area contributed by atoms with E-state index in [0.717, 1.165) is 32.9 Å². The number of hydrogen-bond acceptors (Lipinski definition) is 7. The summed E-state index contributed by atoms with van der Waals surface area (Å²) in [5.41, 5.74) is 2.75. The number of ether oxygens (including phenoxy) is 1. The number of amides is 1. The Morgan fingerprint density at radius 2 is 2.11 bits per heavy atom. The lowest BCUT2D eigenvalue weighted by Gasteiger charge is -2.13. The fraction of sp³-hybridized carbons (Fsp3) is 0.278. The Labute approximate surface area is 160 Å². The summed E-state index contributed by atoms with van der Waals surface area (Å²) in [5.74, 6) is -0.554. The average Bonchev–Trinajstić information content (AvgIpc) is 3.33. The highest BCUT2D eigenvalue weighted by molar-refractivity contribution is 7.13. The number of esters is 1. The van der Waals surface area contributed by atoms with Crippen LogP contribution >= 0.6 is 11.3 Å². The zero-order chi connectivity index (χ0) is 19.2. The molecule has 0 saturated heterocycles. The molecule has 140 valence electrons. The Hall–Kier alpha value is -3.07. The number of para-hydroxylation sites is 1. The third-order valence-electron chi connectivity index (χ3n) is 3.83. The first-order chi connectivity index (χ1) is 13.1. The van der Waals surface area contributed by atoms with E-state index in [1.807, 2.05) is 49.6 Å². The third-order valence-corrected chi connectivity index (χ3v) is 4.70. The maximum Gasteiger partial charge on any atom is 0.330 e. The molecule has 1 amide bonds. The molecule has 0 spiro atoms. The SMILES string of the molecule is CCc1cccc(C)c1NC(=O)COC(=O)Cn1nnc(-c2cccs2)n1. The van der Waals surface area contributed by atoms with Crippen LogP contribution in [0, 0.1) is 6.92 Å². The van der Waals surface area contributed by atoms with Gasteiger partial charge in [-0.15, -0.1) is 21.5 Å². The number of nitrogens with zero attached hydrogens (tertiary/aromatic N) is 4. The molecule has 1 aromatic carbocycles. The number of aryl methyl sites for hydroxylation is 2. The van der Waals surface area contributed by atoms with E-state index in [-0.39, 0.29) is 13.2 Å². The molecule has 0 unspecified atom stereocenters. The minimum absolute atomic E-state index is 0.212. The number of thiophene rings is 1. The van der Waals surface area contributed by atoms with E-state index in [4.69, 9.17) is 4.74 Å². The maximum atomic E-state index is 12.1. The van der Waals surface area contributed by atoms with Gasteiger partial charge in [-0.05, 0) is 41.1 Å². The highest BCUT2D eigenvalue weighted by Crippen LogP contribution is 2.21. The van der Waals surface area contributed by atoms with Crippen molar-refractivity contribution in [3.8, 4) is 10.7 Å². The van der Waals surface area contributed by atoms with Gasteiger partial charge >= 0.3 is 5.97 Å². The van der Waals surface area contributed by atoms with Crippen LogP contribution < -0.4 is 5.32 Å². The number of anilines is 1. The topological polar surface area (TPSA) is 99.0 Å². The average molecular weight is 385 g/mol. The van der Waals surface area contributed by atoms with Gasteiger partial charge in [0.05, 0.1) is 4.88 Å². The lowest BCUT2D eigenvalue weighted by molar-refractivity contribution is -0.148. The molecule has 2 aromatic heterocycles. The predicted molar refractivity (Wildman–Crippen MR) is 101 cm³/mol. The van der Waals surface area contributed by atoms with Crippen LogP contribution in [0.5, 0.6) is 0 Å². The van der Waals surface area contributed by atoms with E-state index >= 15 is 0 Å². The number of benzene rings is 1. The van der Waals surface area contributed by atoms with Crippen molar-refractivity contribution in [2.75, 3.05) is 11.9 Å². The molecule has 0 saturated carbocycles. The Morgan fingerprint density at radius 1 is 1.26 bits per heavy atom. The highest BCUT2D eigenvalue weighted by Gasteiger charge is 2.14. The van der Waals surface area contributed by atoms with E-state index in [1.165, 1.54) is 11.3 Å². The summed E-state index contributed by atoms with van der Waals surface area (Å²) in [4.78, 5) is 26.0. The summed E-state index contributed by atoms with van der Waals surface area (Å²) >= 11 is 1.48. The van der Waals surface area contributed by atoms with Crippen molar-refractivity contribution in [3.05, 3.63) is 46.8 Å². The molecule has 3 rings (SSSR count). The zero-order valence-electron chi connectivity index (χ0n) is 15.0. The molecular weight excluding hydrogens is 366 g/mol. The quantitative estimate of drug-likeness (QED) is 0.627. The van der Waals surface area contributed by atoms with Gasteiger partial charge in [-0.3, -0.25) is 4.79 Å². The van der Waals surface area contributed by atoms with Crippen LogP contribution in [0.4, 0.5) is 5.69 Å². The molecule has 0 atom stereocenters. The molecule has 0 aliphatic heterocycles. The monoisotopic (exact) mass is 385 g/mol. The molecule has 1 N–H and O–H groups in total. The minimum Gasteiger partial charge on any atom is -0.454 e. The standard InChI is InChI=1S/C18H19N5O3S/c1-3-13-7-4-6-12(2)17(13)19-15(24)11-26-16(25)10-23-21-18(20-22-23)14-8-5-9-27-14/h4-9H,3,10-11H2,1-2H3,(H,19,24). The van der Waals surface area contributed by atoms with Gasteiger partial charge in [0.1, 0.15) is 0 Å². The Morgan fingerprint density at radius 3 is 2.85 bits per heavy atom. The molecule has 0 aliphatic rings. The second-order valence-corrected chi connectivity index (χ2v) is 6.74. The van der Waals surface area contributed by atoms with Crippen molar-refractivity contribution in [1.82, 2.24) is 20.2 Å². The van der Waals surface area contributed by atoms with E-state index in [0.29, 0.717) is 5.82 Å². The molecule has 0 fully saturated rings. The fourth-order valence-corrected chi connectivity index (χ4v) is 3.15. The van der Waals surface area contributed by atoms with E-state index in [2.05, 4.69) is 20.7 Å². The molecule has 9 heteroatoms. The first-order valence-electron chi connectivity index (χ1n) is 8.42. The van der Waals surface area contributed by atoms with Crippen LogP contribution in [-0.4, -0.2) is 38.7 Å². The van der Waals surface area contributed by atoms with Gasteiger partial charge in [-0.25, -0.2) is 4.79 Å². The van der Waals surface area contributed by atoms with Crippen molar-refractivity contribution in [3.63, 3.8) is 0 Å². The van der Waals surface area contributed by atoms with Crippen molar-refractivity contribution >= 4 is 28.9 Å². The summed E-state index contributed by atoms with van der Waals surface area (Å²) in [6.07, 6.45) is 0.793. The zero-order valence-corrected chi connectivity index (χ0v) is 15.8. The Bertz CT molecular complexity index is 936. The van der Waals surface area contributed by atoms with Crippen molar-refractivity contribution in [1.29, 1.82) is 0 Å². The third kappa shape index (κ3) is 4.76. The summed E-state index contributed by atoms with van der Waals surface area (Å²) in [6, 6.07) is 9.56. The molecule has 2 heterocycles. The first-order valence-corrected chi connectivity index (χ1v) is 9.30. The molecular formula is C18H19N5O3S. The predicted octanol–water partition coefficient (Wildman–Crippen LogP) is 2.45. The normalized spacial score (nSPS) is 10.6. The van der Waals surface area contributed by atoms with Crippen LogP contribution in [0.1, 0.15) is 18.1 Å². The lowest BCUT2D eigenvalue weighted by Crippen LogP contribution is -2.24. The molecule has 0 bridgehead atoms. The number of carbonyl (C=O) groups excluding carboxylic acids is 2. The van der Waals surface area contributed by atoms with E-state index in [1.54, 1.807) is 0 Å². The summed E-state index contributed by atoms with van der Waals surface area (Å²) < 4.78 is 5.02. The minimum atomic E-state index is -0.610. The van der Waals surface area contributed by atoms with Gasteiger partial charge in [-0.1, -0.05) is 31.2 Å². The number of hydrogen-bond donors (Lipinski definition) is 1. The van der Waals surface area contributed by atoms with Gasteiger partial charge in [0.2, 0.25) is 5.82 Å². The molecule has 27 heavy (non-hydrogen) atoms. The van der Waals surface area contributed by atoms with Gasteiger partial charge in [0.25, 0.3) is 5.91 Å². The second kappa shape index (κ2) is 8.54. The largest absolute Gasteiger partial charge is 0.454 e. The second-order valence-electron chi connectivity index (χ2n) is 5.79. The lowest BCUT2D eigenvalue weighted by atomic mass is 10.1. The number of rotatable bonds is 7. The van der Waals surface area contributed by atoms with Gasteiger partial charge < -0.3 is 10.1 Å². The van der Waals surface area contributed by atoms with Crippen LogP contribution in [0.15, 0.2) is 35.7 Å². The van der Waals surface area contributed by atoms with Gasteiger partial charge in [0.15, 0.2) is 13.2 Å². The van der Waals surface area contributed by atoms with Crippen molar-refractivity contribution in [2.45, 2.75) is 26.8 Å². The maximum absolute atomic E-state index is 12.1. The molecule has 3 aromatic rings. The number of aromatic nitrogens is 4. The fourth-order valence-electron chi connectivity index (χ4n) is 2.50. The smallest absolute Gasteiger partial charge is 0.330 e. The van der Waals surface area contributed by atoms with E-state index in [9.17, 15) is 9.59 Å². The van der Waals surface area contributed by atoms with Crippen LogP contribution in [-0.2, 0) is 27.3 Å². The van der Waals surface area contributed by atoms with Crippen molar-refractivity contribution < 1.29 is 14.3 Å². The van der Waals surface area contributed by atoms with Crippen LogP contribution in [0.2, 0.25) is 0 Å². The first kappa shape index (κ1) is 18.7. The van der Waals surface area contributed by atoms with Gasteiger partial charge in [-0.2, -0.15) is 4.80 Å². The van der Waals surface area contributed by atoms with Crippen LogP contribution in [0.25, 0.3) is 10.7 Å². The number of tetrazole rings is 1. The summed E-state index contributed by atoms with van der Waals surface area (Å²) in [5, 5.41) is 16.6. The summed E-state index contributed by atoms with van der Waals surface area (Å²) in [6.45, 7) is 3.35. The highest BCUT2D eigenvalue weighted by atomic mass is 32.1. The molecule has 8 nitrogen and oxygen atoms in total. The molecule has 0 radical (unpaired) electrons. The Balaban J connectivity index is 1.51. The van der Waals surface area contributed by atoms with Crippen molar-refractivity contribution in [2.24, 2.45) is 0 Å². The summed E-state index contributed by atoms with van der Waals surface area (Å²) in [7, 11) is 0. The number of nitrogens with one attached hydrogen (secondary N) is 1. The number of carbonyl (C=O) groups is 2. The van der Waals surface area contributed by atoms with Gasteiger partial charge in [0, 0.05) is 5.69 Å². The Kier molecular flexibility index (Phi) is 5.92.